The van der Waals surface area contributed by atoms with Crippen molar-refractivity contribution in [3.05, 3.63) is 20.8 Å². The highest BCUT2D eigenvalue weighted by Gasteiger charge is 2.43. The van der Waals surface area contributed by atoms with E-state index in [1.807, 2.05) is 0 Å². The van der Waals surface area contributed by atoms with Crippen LogP contribution in [0.15, 0.2) is 9.59 Å². The molecule has 144 valence electrons. The van der Waals surface area contributed by atoms with E-state index >= 15 is 0 Å². The van der Waals surface area contributed by atoms with E-state index in [4.69, 9.17) is 0 Å². The fourth-order valence-electron chi connectivity index (χ4n) is 3.10. The van der Waals surface area contributed by atoms with Crippen molar-refractivity contribution in [2.45, 2.75) is 12.2 Å². The summed E-state index contributed by atoms with van der Waals surface area (Å²) in [6.45, 7) is 1.17. The number of halogens is 3. The summed E-state index contributed by atoms with van der Waals surface area (Å²) in [5.74, 6) is 0.0936. The number of aromatic amines is 1. The molecule has 2 aromatic heterocycles. The summed E-state index contributed by atoms with van der Waals surface area (Å²) in [7, 11) is 2.93. The van der Waals surface area contributed by atoms with Crippen LogP contribution in [0, 0.1) is 0 Å². The number of anilines is 1. The van der Waals surface area contributed by atoms with Crippen LogP contribution in [0.1, 0.15) is 0 Å². The van der Waals surface area contributed by atoms with E-state index in [-0.39, 0.29) is 17.1 Å². The zero-order valence-electron chi connectivity index (χ0n) is 14.4. The van der Waals surface area contributed by atoms with Crippen molar-refractivity contribution >= 4 is 17.1 Å². The van der Waals surface area contributed by atoms with Gasteiger partial charge in [-0.1, -0.05) is 0 Å². The van der Waals surface area contributed by atoms with Crippen molar-refractivity contribution < 1.29 is 13.2 Å². The van der Waals surface area contributed by atoms with Gasteiger partial charge in [0.2, 0.25) is 5.95 Å². The molecule has 3 heterocycles. The fraction of sp³-hybridized carbons (Fsp3) is 0.643. The number of hydrogen-bond donors (Lipinski definition) is 3. The standard InChI is InChI=1S/C14H20F3N7O2/c1-22-9-10(23(2)13(26)21-11(9)25)20-12(22)19-7-8(14(15,16)17)24-5-3-18-4-6-24/h8,18H,3-7H2,1-2H3,(H,19,20)(H,21,25,26). The van der Waals surface area contributed by atoms with Gasteiger partial charge in [-0.05, 0) is 0 Å². The molecule has 1 fully saturated rings. The maximum Gasteiger partial charge on any atom is 0.405 e. The molecule has 3 rings (SSSR count). The Bertz CT molecular complexity index is 908. The lowest BCUT2D eigenvalue weighted by molar-refractivity contribution is -0.181. The zero-order valence-corrected chi connectivity index (χ0v) is 14.4. The van der Waals surface area contributed by atoms with Crippen molar-refractivity contribution in [3.63, 3.8) is 0 Å². The monoisotopic (exact) mass is 375 g/mol. The third-order valence-corrected chi connectivity index (χ3v) is 4.56. The van der Waals surface area contributed by atoms with Gasteiger partial charge >= 0.3 is 11.9 Å². The van der Waals surface area contributed by atoms with Crippen LogP contribution in [-0.2, 0) is 14.1 Å². The van der Waals surface area contributed by atoms with Gasteiger partial charge in [0.05, 0.1) is 0 Å². The molecular weight excluding hydrogens is 355 g/mol. The Hall–Kier alpha value is -2.34. The molecule has 9 nitrogen and oxygen atoms in total. The second-order valence-corrected chi connectivity index (χ2v) is 6.21. The number of nitrogens with zero attached hydrogens (tertiary/aromatic N) is 4. The van der Waals surface area contributed by atoms with Crippen LogP contribution in [0.4, 0.5) is 19.1 Å². The van der Waals surface area contributed by atoms with Crippen molar-refractivity contribution in [1.29, 1.82) is 0 Å². The highest BCUT2D eigenvalue weighted by molar-refractivity contribution is 5.73. The lowest BCUT2D eigenvalue weighted by atomic mass is 10.2. The van der Waals surface area contributed by atoms with E-state index in [1.165, 1.54) is 23.6 Å². The molecule has 0 bridgehead atoms. The molecule has 1 aliphatic heterocycles. The Morgan fingerprint density at radius 3 is 2.46 bits per heavy atom. The fourth-order valence-corrected chi connectivity index (χ4v) is 3.10. The maximum absolute atomic E-state index is 13.5. The number of aryl methyl sites for hydroxylation is 2. The van der Waals surface area contributed by atoms with E-state index in [0.717, 1.165) is 4.57 Å². The third-order valence-electron chi connectivity index (χ3n) is 4.56. The molecular formula is C14H20F3N7O2. The molecule has 1 atom stereocenters. The Balaban J connectivity index is 1.89. The van der Waals surface area contributed by atoms with Crippen LogP contribution in [0.3, 0.4) is 0 Å². The van der Waals surface area contributed by atoms with E-state index in [9.17, 15) is 22.8 Å². The topological polar surface area (TPSA) is 100.0 Å². The number of piperazine rings is 1. The van der Waals surface area contributed by atoms with E-state index in [0.29, 0.717) is 26.2 Å². The van der Waals surface area contributed by atoms with Gasteiger partial charge in [-0.2, -0.15) is 18.2 Å². The van der Waals surface area contributed by atoms with Crippen molar-refractivity contribution in [3.8, 4) is 0 Å². The van der Waals surface area contributed by atoms with E-state index in [2.05, 4.69) is 20.6 Å². The van der Waals surface area contributed by atoms with Gasteiger partial charge < -0.3 is 15.2 Å². The van der Waals surface area contributed by atoms with Gasteiger partial charge in [-0.25, -0.2) is 4.79 Å². The van der Waals surface area contributed by atoms with E-state index < -0.39 is 30.0 Å². The van der Waals surface area contributed by atoms with Crippen molar-refractivity contribution in [1.82, 2.24) is 29.3 Å². The van der Waals surface area contributed by atoms with E-state index in [1.54, 1.807) is 0 Å². The number of alkyl halides is 3. The maximum atomic E-state index is 13.5. The summed E-state index contributed by atoms with van der Waals surface area (Å²) < 4.78 is 42.9. The first-order valence-corrected chi connectivity index (χ1v) is 8.11. The quantitative estimate of drug-likeness (QED) is 0.648. The Kier molecular flexibility index (Phi) is 4.80. The minimum atomic E-state index is -4.40. The molecule has 3 N–H and O–H groups in total. The normalized spacial score (nSPS) is 17.6. The van der Waals surface area contributed by atoms with Gasteiger partial charge in [0.25, 0.3) is 5.56 Å². The van der Waals surface area contributed by atoms with Gasteiger partial charge in [-0.15, -0.1) is 0 Å². The lowest BCUT2D eigenvalue weighted by Gasteiger charge is -2.36. The first-order chi connectivity index (χ1) is 12.2. The molecule has 0 saturated carbocycles. The molecule has 1 aliphatic rings. The molecule has 0 aromatic carbocycles. The predicted octanol–water partition coefficient (Wildman–Crippen LogP) is -0.792. The second kappa shape index (κ2) is 6.76. The number of rotatable bonds is 4. The van der Waals surface area contributed by atoms with Crippen LogP contribution < -0.4 is 21.9 Å². The summed E-state index contributed by atoms with van der Waals surface area (Å²) in [5, 5.41) is 5.70. The van der Waals surface area contributed by atoms with Crippen LogP contribution in [0.5, 0.6) is 0 Å². The molecule has 0 radical (unpaired) electrons. The lowest BCUT2D eigenvalue weighted by Crippen LogP contribution is -2.56. The van der Waals surface area contributed by atoms with Crippen LogP contribution in [-0.4, -0.2) is 68.9 Å². The van der Waals surface area contributed by atoms with Crippen LogP contribution >= 0.6 is 0 Å². The summed E-state index contributed by atoms with van der Waals surface area (Å²) in [6, 6.07) is -1.67. The molecule has 1 unspecified atom stereocenters. The summed E-state index contributed by atoms with van der Waals surface area (Å²) in [6.07, 6.45) is -4.40. The molecule has 1 saturated heterocycles. The SMILES string of the molecule is Cn1c(NCC(N2CCNCC2)C(F)(F)F)nc2c1c(=O)[nH]c(=O)n2C. The molecule has 26 heavy (non-hydrogen) atoms. The zero-order chi connectivity index (χ0) is 19.1. The van der Waals surface area contributed by atoms with Crippen molar-refractivity contribution in [2.24, 2.45) is 14.1 Å². The molecule has 0 spiro atoms. The average molecular weight is 375 g/mol. The number of imidazole rings is 1. The van der Waals surface area contributed by atoms with Gasteiger partial charge in [0.1, 0.15) is 6.04 Å². The van der Waals surface area contributed by atoms with Crippen molar-refractivity contribution in [2.75, 3.05) is 38.0 Å². The molecule has 12 heteroatoms. The average Bonchev–Trinajstić information content (AvgIpc) is 2.90. The Morgan fingerprint density at radius 1 is 1.19 bits per heavy atom. The Labute approximate surface area is 145 Å². The molecule has 2 aromatic rings. The first kappa shape index (κ1) is 18.5. The summed E-state index contributed by atoms with van der Waals surface area (Å²) in [4.78, 5) is 31.3. The summed E-state index contributed by atoms with van der Waals surface area (Å²) >= 11 is 0. The molecule has 0 aliphatic carbocycles. The number of fused-ring (bicyclic) bond motifs is 1. The predicted molar refractivity (Wildman–Crippen MR) is 89.4 cm³/mol. The number of aromatic nitrogens is 4. The minimum absolute atomic E-state index is 0.0936. The summed E-state index contributed by atoms with van der Waals surface area (Å²) in [5.41, 5.74) is -1.06. The third kappa shape index (κ3) is 3.33. The minimum Gasteiger partial charge on any atom is -0.354 e. The largest absolute Gasteiger partial charge is 0.405 e. The number of nitrogens with one attached hydrogen (secondary N) is 3. The van der Waals surface area contributed by atoms with Gasteiger partial charge in [0.15, 0.2) is 11.2 Å². The van der Waals surface area contributed by atoms with Gasteiger partial charge in [0, 0.05) is 46.8 Å². The van der Waals surface area contributed by atoms with Gasteiger partial charge in [-0.3, -0.25) is 19.2 Å². The smallest absolute Gasteiger partial charge is 0.354 e. The first-order valence-electron chi connectivity index (χ1n) is 8.11. The Morgan fingerprint density at radius 2 is 1.85 bits per heavy atom. The number of hydrogen-bond acceptors (Lipinski definition) is 6. The highest BCUT2D eigenvalue weighted by atomic mass is 19.4. The number of H-pyrrole nitrogens is 1. The second-order valence-electron chi connectivity index (χ2n) is 6.21. The molecule has 0 amide bonds. The highest BCUT2D eigenvalue weighted by Crippen LogP contribution is 2.26. The van der Waals surface area contributed by atoms with Crippen LogP contribution in [0.25, 0.3) is 11.2 Å². The van der Waals surface area contributed by atoms with Crippen LogP contribution in [0.2, 0.25) is 0 Å².